The van der Waals surface area contributed by atoms with E-state index >= 15 is 0 Å². The summed E-state index contributed by atoms with van der Waals surface area (Å²) in [4.78, 5) is 20.4. The van der Waals surface area contributed by atoms with E-state index in [-0.39, 0.29) is 12.8 Å². The van der Waals surface area contributed by atoms with Gasteiger partial charge in [0.1, 0.15) is 0 Å². The molecule has 2 N–H and O–H groups in total. The van der Waals surface area contributed by atoms with Crippen LogP contribution in [0.4, 0.5) is 0 Å². The van der Waals surface area contributed by atoms with Crippen molar-refractivity contribution >= 4 is 11.9 Å². The van der Waals surface area contributed by atoms with Crippen LogP contribution in [0.3, 0.4) is 0 Å². The molecule has 0 spiro atoms. The molecule has 0 aromatic rings. The van der Waals surface area contributed by atoms with Crippen LogP contribution in [-0.4, -0.2) is 22.2 Å². The molecular formula is C12H20O4. The highest BCUT2D eigenvalue weighted by Gasteiger charge is 1.95. The van der Waals surface area contributed by atoms with Crippen LogP contribution >= 0.6 is 0 Å². The maximum absolute atomic E-state index is 10.2. The fourth-order valence-electron chi connectivity index (χ4n) is 1.31. The van der Waals surface area contributed by atoms with Crippen LogP contribution in [0.25, 0.3) is 0 Å². The highest BCUT2D eigenvalue weighted by Crippen LogP contribution is 2.04. The smallest absolute Gasteiger partial charge is 0.303 e. The van der Waals surface area contributed by atoms with Crippen LogP contribution in [0.2, 0.25) is 0 Å². The van der Waals surface area contributed by atoms with Crippen molar-refractivity contribution in [2.45, 2.75) is 51.4 Å². The highest BCUT2D eigenvalue weighted by atomic mass is 16.4. The predicted octanol–water partition coefficient (Wildman–Crippen LogP) is 2.83. The second-order valence-electron chi connectivity index (χ2n) is 3.75. The number of unbranched alkanes of at least 4 members (excludes halogenated alkanes) is 4. The Morgan fingerprint density at radius 3 is 1.44 bits per heavy atom. The first kappa shape index (κ1) is 14.7. The van der Waals surface area contributed by atoms with E-state index in [0.717, 1.165) is 38.5 Å². The number of hydrogen-bond donors (Lipinski definition) is 2. The van der Waals surface area contributed by atoms with Crippen molar-refractivity contribution in [3.63, 3.8) is 0 Å². The summed E-state index contributed by atoms with van der Waals surface area (Å²) in [6, 6.07) is 0. The molecule has 16 heavy (non-hydrogen) atoms. The van der Waals surface area contributed by atoms with Gasteiger partial charge < -0.3 is 10.2 Å². The lowest BCUT2D eigenvalue weighted by Crippen LogP contribution is -1.93. The van der Waals surface area contributed by atoms with E-state index in [0.29, 0.717) is 0 Å². The maximum atomic E-state index is 10.2. The third kappa shape index (κ3) is 12.7. The zero-order valence-electron chi connectivity index (χ0n) is 9.52. The van der Waals surface area contributed by atoms with Crippen molar-refractivity contribution in [3.05, 3.63) is 12.2 Å². The summed E-state index contributed by atoms with van der Waals surface area (Å²) in [5, 5.41) is 16.8. The van der Waals surface area contributed by atoms with E-state index in [1.807, 2.05) is 12.2 Å². The average molecular weight is 228 g/mol. The average Bonchev–Trinajstić information content (AvgIpc) is 2.20. The fraction of sp³-hybridized carbons (Fsp3) is 0.667. The molecule has 4 nitrogen and oxygen atoms in total. The van der Waals surface area contributed by atoms with Crippen molar-refractivity contribution in [1.82, 2.24) is 0 Å². The molecule has 0 amide bonds. The number of hydrogen-bond acceptors (Lipinski definition) is 2. The zero-order chi connectivity index (χ0) is 12.2. The minimum Gasteiger partial charge on any atom is -0.481 e. The molecule has 0 rings (SSSR count). The predicted molar refractivity (Wildman–Crippen MR) is 61.3 cm³/mol. The van der Waals surface area contributed by atoms with Gasteiger partial charge in [-0.05, 0) is 38.5 Å². The Bertz CT molecular complexity index is 209. The minimum absolute atomic E-state index is 0.243. The van der Waals surface area contributed by atoms with E-state index in [9.17, 15) is 9.59 Å². The van der Waals surface area contributed by atoms with E-state index < -0.39 is 11.9 Å². The van der Waals surface area contributed by atoms with E-state index in [4.69, 9.17) is 10.2 Å². The van der Waals surface area contributed by atoms with Gasteiger partial charge in [-0.3, -0.25) is 9.59 Å². The SMILES string of the molecule is O=C(O)CCCCC=CCCCCC(=O)O. The largest absolute Gasteiger partial charge is 0.481 e. The number of rotatable bonds is 10. The van der Waals surface area contributed by atoms with Crippen molar-refractivity contribution in [3.8, 4) is 0 Å². The molecule has 0 saturated heterocycles. The Hall–Kier alpha value is -1.32. The molecule has 0 aliphatic heterocycles. The lowest BCUT2D eigenvalue weighted by molar-refractivity contribution is -0.138. The fourth-order valence-corrected chi connectivity index (χ4v) is 1.31. The van der Waals surface area contributed by atoms with Crippen molar-refractivity contribution < 1.29 is 19.8 Å². The van der Waals surface area contributed by atoms with Gasteiger partial charge in [-0.2, -0.15) is 0 Å². The zero-order valence-corrected chi connectivity index (χ0v) is 9.52. The van der Waals surface area contributed by atoms with Crippen molar-refractivity contribution in [1.29, 1.82) is 0 Å². The Balaban J connectivity index is 3.16. The Labute approximate surface area is 96.0 Å². The number of allylic oxidation sites excluding steroid dienone is 2. The minimum atomic E-state index is -0.738. The molecule has 92 valence electrons. The Morgan fingerprint density at radius 1 is 0.750 bits per heavy atom. The van der Waals surface area contributed by atoms with Crippen LogP contribution < -0.4 is 0 Å². The molecule has 4 heteroatoms. The summed E-state index contributed by atoms with van der Waals surface area (Å²) in [5.41, 5.74) is 0. The summed E-state index contributed by atoms with van der Waals surface area (Å²) in [5.74, 6) is -1.48. The molecule has 0 fully saturated rings. The summed E-state index contributed by atoms with van der Waals surface area (Å²) >= 11 is 0. The first-order valence-corrected chi connectivity index (χ1v) is 5.71. The number of carbonyl (C=O) groups is 2. The van der Waals surface area contributed by atoms with Crippen LogP contribution in [0.5, 0.6) is 0 Å². The van der Waals surface area contributed by atoms with Gasteiger partial charge in [-0.1, -0.05) is 12.2 Å². The molecule has 0 aliphatic rings. The lowest BCUT2D eigenvalue weighted by atomic mass is 10.1. The molecule has 0 aliphatic carbocycles. The molecule has 0 bridgehead atoms. The quantitative estimate of drug-likeness (QED) is 0.445. The van der Waals surface area contributed by atoms with Crippen LogP contribution in [0, 0.1) is 0 Å². The second kappa shape index (κ2) is 10.2. The van der Waals surface area contributed by atoms with Crippen LogP contribution in [0.15, 0.2) is 12.2 Å². The second-order valence-corrected chi connectivity index (χ2v) is 3.75. The van der Waals surface area contributed by atoms with Gasteiger partial charge in [-0.25, -0.2) is 0 Å². The molecule has 0 atom stereocenters. The van der Waals surface area contributed by atoms with E-state index in [1.54, 1.807) is 0 Å². The molecule has 0 aromatic carbocycles. The summed E-state index contributed by atoms with van der Waals surface area (Å²) in [6.07, 6.45) is 9.63. The standard InChI is InChI=1S/C12H20O4/c13-11(14)9-7-5-3-1-2-4-6-8-10-12(15)16/h1-2H,3-10H2,(H,13,14)(H,15,16). The van der Waals surface area contributed by atoms with E-state index in [1.165, 1.54) is 0 Å². The third-order valence-corrected chi connectivity index (χ3v) is 2.19. The van der Waals surface area contributed by atoms with Crippen molar-refractivity contribution in [2.24, 2.45) is 0 Å². The maximum Gasteiger partial charge on any atom is 0.303 e. The topological polar surface area (TPSA) is 74.6 Å². The van der Waals surface area contributed by atoms with Crippen molar-refractivity contribution in [2.75, 3.05) is 0 Å². The number of carboxylic acid groups (broad SMARTS) is 2. The van der Waals surface area contributed by atoms with Gasteiger partial charge in [0.2, 0.25) is 0 Å². The first-order valence-electron chi connectivity index (χ1n) is 5.71. The molecule has 0 radical (unpaired) electrons. The Kier molecular flexibility index (Phi) is 9.36. The van der Waals surface area contributed by atoms with Crippen LogP contribution in [0.1, 0.15) is 51.4 Å². The molecule has 0 unspecified atom stereocenters. The molecule has 0 aromatic heterocycles. The monoisotopic (exact) mass is 228 g/mol. The lowest BCUT2D eigenvalue weighted by Gasteiger charge is -1.94. The number of aliphatic carboxylic acids is 2. The molecule has 0 heterocycles. The van der Waals surface area contributed by atoms with E-state index in [2.05, 4.69) is 0 Å². The highest BCUT2D eigenvalue weighted by molar-refractivity contribution is 5.66. The molecule has 0 saturated carbocycles. The molecular weight excluding hydrogens is 208 g/mol. The van der Waals surface area contributed by atoms with Gasteiger partial charge >= 0.3 is 11.9 Å². The summed E-state index contributed by atoms with van der Waals surface area (Å²) < 4.78 is 0. The van der Waals surface area contributed by atoms with Gasteiger partial charge in [-0.15, -0.1) is 0 Å². The third-order valence-electron chi connectivity index (χ3n) is 2.19. The normalized spacial score (nSPS) is 10.8. The summed E-state index contributed by atoms with van der Waals surface area (Å²) in [6.45, 7) is 0. The number of carboxylic acids is 2. The van der Waals surface area contributed by atoms with Crippen LogP contribution in [-0.2, 0) is 9.59 Å². The van der Waals surface area contributed by atoms with Gasteiger partial charge in [0.05, 0.1) is 0 Å². The summed E-state index contributed by atoms with van der Waals surface area (Å²) in [7, 11) is 0. The van der Waals surface area contributed by atoms with Gasteiger partial charge in [0, 0.05) is 12.8 Å². The Morgan fingerprint density at radius 2 is 1.12 bits per heavy atom. The van der Waals surface area contributed by atoms with Gasteiger partial charge in [0.25, 0.3) is 0 Å². The first-order chi connectivity index (χ1) is 7.63. The van der Waals surface area contributed by atoms with Gasteiger partial charge in [0.15, 0.2) is 0 Å².